The first-order valence-corrected chi connectivity index (χ1v) is 7.39. The zero-order chi connectivity index (χ0) is 11.3. The first-order valence-electron chi connectivity index (χ1n) is 4.30. The van der Waals surface area contributed by atoms with Crippen LogP contribution in [-0.4, -0.2) is 28.7 Å². The van der Waals surface area contributed by atoms with Gasteiger partial charge >= 0.3 is 0 Å². The lowest BCUT2D eigenvalue weighted by Crippen LogP contribution is -2.24. The number of halogens is 1. The van der Waals surface area contributed by atoms with Crippen molar-refractivity contribution in [3.05, 3.63) is 15.9 Å². The van der Waals surface area contributed by atoms with Crippen molar-refractivity contribution in [3.8, 4) is 0 Å². The minimum absolute atomic E-state index is 0.326. The molecule has 0 amide bonds. The van der Waals surface area contributed by atoms with Crippen molar-refractivity contribution < 1.29 is 13.2 Å². The lowest BCUT2D eigenvalue weighted by atomic mass is 10.5. The quantitative estimate of drug-likeness (QED) is 0.815. The van der Waals surface area contributed by atoms with E-state index in [1.807, 2.05) is 0 Å². The smallest absolute Gasteiger partial charge is 0.250 e. The summed E-state index contributed by atoms with van der Waals surface area (Å²) in [5.41, 5.74) is 0. The number of nitrogens with one attached hydrogen (secondary N) is 1. The van der Waals surface area contributed by atoms with E-state index in [4.69, 9.17) is 4.74 Å². The highest BCUT2D eigenvalue weighted by Gasteiger charge is 2.15. The normalized spacial score (nSPS) is 11.9. The molecule has 0 aliphatic rings. The van der Waals surface area contributed by atoms with Crippen LogP contribution in [0.15, 0.2) is 20.1 Å². The van der Waals surface area contributed by atoms with Crippen LogP contribution in [0.2, 0.25) is 0 Å². The Hall–Kier alpha value is 0.0500. The lowest BCUT2D eigenvalue weighted by molar-refractivity contribution is 0.196. The Morgan fingerprint density at radius 1 is 1.53 bits per heavy atom. The third-order valence-electron chi connectivity index (χ3n) is 1.63. The van der Waals surface area contributed by atoms with E-state index < -0.39 is 10.0 Å². The van der Waals surface area contributed by atoms with Crippen LogP contribution < -0.4 is 4.72 Å². The number of sulfonamides is 1. The molecule has 0 bridgehead atoms. The summed E-state index contributed by atoms with van der Waals surface area (Å²) in [5, 5.41) is 0. The van der Waals surface area contributed by atoms with Crippen LogP contribution in [0.3, 0.4) is 0 Å². The minimum atomic E-state index is -3.34. The first-order chi connectivity index (χ1) is 7.06. The summed E-state index contributed by atoms with van der Waals surface area (Å²) in [7, 11) is -1.75. The SMILES string of the molecule is COCCCNS(=O)(=O)c1ccc(Br)s1. The molecule has 4 nitrogen and oxygen atoms in total. The average molecular weight is 314 g/mol. The molecule has 1 aromatic rings. The Morgan fingerprint density at radius 2 is 2.27 bits per heavy atom. The molecule has 1 heterocycles. The maximum absolute atomic E-state index is 11.6. The van der Waals surface area contributed by atoms with Crippen LogP contribution in [0.4, 0.5) is 0 Å². The van der Waals surface area contributed by atoms with Crippen molar-refractivity contribution in [2.75, 3.05) is 20.3 Å². The van der Waals surface area contributed by atoms with Crippen molar-refractivity contribution >= 4 is 37.3 Å². The standard InChI is InChI=1S/C8H12BrNO3S2/c1-13-6-2-5-10-15(11,12)8-4-3-7(9)14-8/h3-4,10H,2,5-6H2,1H3. The fourth-order valence-corrected chi connectivity index (χ4v) is 4.06. The van der Waals surface area contributed by atoms with Gasteiger partial charge in [0.05, 0.1) is 3.79 Å². The van der Waals surface area contributed by atoms with E-state index in [1.54, 1.807) is 19.2 Å². The van der Waals surface area contributed by atoms with E-state index in [0.29, 0.717) is 23.8 Å². The zero-order valence-corrected chi connectivity index (χ0v) is 11.4. The molecular formula is C8H12BrNO3S2. The third-order valence-corrected chi connectivity index (χ3v) is 5.21. The number of rotatable bonds is 6. The van der Waals surface area contributed by atoms with Gasteiger partial charge in [0.1, 0.15) is 4.21 Å². The van der Waals surface area contributed by atoms with Gasteiger partial charge in [-0.2, -0.15) is 0 Å². The molecule has 0 unspecified atom stereocenters. The second kappa shape index (κ2) is 5.95. The Morgan fingerprint density at radius 3 is 2.80 bits per heavy atom. The highest BCUT2D eigenvalue weighted by Crippen LogP contribution is 2.25. The Balaban J connectivity index is 2.53. The molecule has 1 rings (SSSR count). The summed E-state index contributed by atoms with van der Waals surface area (Å²) in [5.74, 6) is 0. The molecule has 0 aromatic carbocycles. The Bertz CT molecular complexity index is 402. The lowest BCUT2D eigenvalue weighted by Gasteiger charge is -2.03. The molecule has 0 spiro atoms. The summed E-state index contributed by atoms with van der Waals surface area (Å²) in [6.45, 7) is 0.947. The van der Waals surface area contributed by atoms with Gasteiger partial charge in [0.2, 0.25) is 10.0 Å². The second-order valence-corrected chi connectivity index (χ2v) is 7.26. The van der Waals surface area contributed by atoms with Crippen molar-refractivity contribution in [3.63, 3.8) is 0 Å². The molecule has 86 valence electrons. The topological polar surface area (TPSA) is 55.4 Å². The highest BCUT2D eigenvalue weighted by atomic mass is 79.9. The molecule has 0 saturated carbocycles. The predicted octanol–water partition coefficient (Wildman–Crippen LogP) is 1.83. The summed E-state index contributed by atoms with van der Waals surface area (Å²) in [6.07, 6.45) is 0.669. The van der Waals surface area contributed by atoms with E-state index in [9.17, 15) is 8.42 Å². The van der Waals surface area contributed by atoms with Gasteiger partial charge in [-0.3, -0.25) is 0 Å². The molecule has 0 radical (unpaired) electrons. The fraction of sp³-hybridized carbons (Fsp3) is 0.500. The highest BCUT2D eigenvalue weighted by molar-refractivity contribution is 9.11. The second-order valence-electron chi connectivity index (χ2n) is 2.80. The van der Waals surface area contributed by atoms with Crippen molar-refractivity contribution in [1.82, 2.24) is 4.72 Å². The molecule has 0 aliphatic carbocycles. The predicted molar refractivity (Wildman–Crippen MR) is 63.7 cm³/mol. The summed E-state index contributed by atoms with van der Waals surface area (Å²) < 4.78 is 31.8. The molecule has 0 aliphatic heterocycles. The molecule has 1 N–H and O–H groups in total. The molecule has 7 heteroatoms. The van der Waals surface area contributed by atoms with Crippen LogP contribution in [0, 0.1) is 0 Å². The van der Waals surface area contributed by atoms with Crippen LogP contribution in [0.1, 0.15) is 6.42 Å². The first kappa shape index (κ1) is 13.1. The van der Waals surface area contributed by atoms with E-state index in [2.05, 4.69) is 20.7 Å². The van der Waals surface area contributed by atoms with Gasteiger partial charge in [-0.05, 0) is 34.5 Å². The molecular weight excluding hydrogens is 302 g/mol. The molecule has 0 atom stereocenters. The van der Waals surface area contributed by atoms with Gasteiger partial charge in [0.15, 0.2) is 0 Å². The Kier molecular flexibility index (Phi) is 5.20. The van der Waals surface area contributed by atoms with Crippen LogP contribution in [0.5, 0.6) is 0 Å². The monoisotopic (exact) mass is 313 g/mol. The molecule has 1 aromatic heterocycles. The van der Waals surface area contributed by atoms with Gasteiger partial charge in [-0.25, -0.2) is 13.1 Å². The number of hydrogen-bond donors (Lipinski definition) is 1. The average Bonchev–Trinajstić information content (AvgIpc) is 2.60. The fourth-order valence-electron chi connectivity index (χ4n) is 0.936. The van der Waals surface area contributed by atoms with Gasteiger partial charge in [-0.15, -0.1) is 11.3 Å². The number of ether oxygens (including phenoxy) is 1. The maximum atomic E-state index is 11.6. The van der Waals surface area contributed by atoms with Gasteiger partial charge < -0.3 is 4.74 Å². The molecule has 0 saturated heterocycles. The summed E-state index contributed by atoms with van der Waals surface area (Å²) >= 11 is 4.42. The van der Waals surface area contributed by atoms with E-state index in [1.165, 1.54) is 11.3 Å². The van der Waals surface area contributed by atoms with Crippen LogP contribution in [-0.2, 0) is 14.8 Å². The Labute approximate surface area is 102 Å². The molecule has 0 fully saturated rings. The van der Waals surface area contributed by atoms with Gasteiger partial charge in [-0.1, -0.05) is 0 Å². The van der Waals surface area contributed by atoms with Gasteiger partial charge in [0.25, 0.3) is 0 Å². The van der Waals surface area contributed by atoms with E-state index in [-0.39, 0.29) is 0 Å². The maximum Gasteiger partial charge on any atom is 0.250 e. The summed E-state index contributed by atoms with van der Waals surface area (Å²) in [4.78, 5) is 0. The number of hydrogen-bond acceptors (Lipinski definition) is 4. The van der Waals surface area contributed by atoms with Crippen LogP contribution >= 0.6 is 27.3 Å². The number of thiophene rings is 1. The zero-order valence-electron chi connectivity index (χ0n) is 8.20. The minimum Gasteiger partial charge on any atom is -0.385 e. The largest absolute Gasteiger partial charge is 0.385 e. The summed E-state index contributed by atoms with van der Waals surface area (Å²) in [6, 6.07) is 3.29. The van der Waals surface area contributed by atoms with Gasteiger partial charge in [0, 0.05) is 20.3 Å². The van der Waals surface area contributed by atoms with Crippen molar-refractivity contribution in [2.45, 2.75) is 10.6 Å². The third kappa shape index (κ3) is 4.20. The number of methoxy groups -OCH3 is 1. The molecule has 15 heavy (non-hydrogen) atoms. The van der Waals surface area contributed by atoms with Crippen molar-refractivity contribution in [1.29, 1.82) is 0 Å². The van der Waals surface area contributed by atoms with E-state index >= 15 is 0 Å². The van der Waals surface area contributed by atoms with Crippen molar-refractivity contribution in [2.24, 2.45) is 0 Å². The van der Waals surface area contributed by atoms with E-state index in [0.717, 1.165) is 3.79 Å². The van der Waals surface area contributed by atoms with Crippen LogP contribution in [0.25, 0.3) is 0 Å².